The zero-order valence-corrected chi connectivity index (χ0v) is 18.5. The molecule has 2 aromatic carbocycles. The maximum absolute atomic E-state index is 13.3. The lowest BCUT2D eigenvalue weighted by atomic mass is 9.86. The molecule has 0 saturated carbocycles. The van der Waals surface area contributed by atoms with E-state index >= 15 is 0 Å². The largest absolute Gasteiger partial charge is 0.391 e. The summed E-state index contributed by atoms with van der Waals surface area (Å²) in [5.41, 5.74) is 3.24. The number of urea groups is 1. The predicted octanol–water partition coefficient (Wildman–Crippen LogP) is 1.20. The van der Waals surface area contributed by atoms with Crippen LogP contribution in [0, 0.1) is 0 Å². The van der Waals surface area contributed by atoms with Crippen molar-refractivity contribution in [3.8, 4) is 0 Å². The minimum atomic E-state index is -0.714. The van der Waals surface area contributed by atoms with Crippen molar-refractivity contribution in [3.05, 3.63) is 71.3 Å². The summed E-state index contributed by atoms with van der Waals surface area (Å²) in [7, 11) is 2.04. The van der Waals surface area contributed by atoms with Crippen molar-refractivity contribution in [1.29, 1.82) is 0 Å². The van der Waals surface area contributed by atoms with E-state index in [1.165, 1.54) is 0 Å². The lowest BCUT2D eigenvalue weighted by molar-refractivity contribution is -0.124. The molecule has 4 rings (SSSR count). The minimum Gasteiger partial charge on any atom is -0.391 e. The van der Waals surface area contributed by atoms with Gasteiger partial charge in [-0.2, -0.15) is 0 Å². The number of nitrogens with zero attached hydrogens (tertiary/aromatic N) is 2. The van der Waals surface area contributed by atoms with Crippen LogP contribution in [0.25, 0.3) is 0 Å². The molecule has 7 heteroatoms. The van der Waals surface area contributed by atoms with Gasteiger partial charge in [0.2, 0.25) is 5.91 Å². The second-order valence-electron chi connectivity index (χ2n) is 8.84. The Bertz CT molecular complexity index is 928. The second-order valence-corrected chi connectivity index (χ2v) is 8.84. The maximum Gasteiger partial charge on any atom is 0.318 e. The Balaban J connectivity index is 1.45. The van der Waals surface area contributed by atoms with Gasteiger partial charge in [-0.25, -0.2) is 4.79 Å². The number of benzene rings is 2. The highest BCUT2D eigenvalue weighted by Gasteiger charge is 2.31. The summed E-state index contributed by atoms with van der Waals surface area (Å²) in [4.78, 5) is 30.1. The number of hydrogen-bond donors (Lipinski definition) is 3. The maximum atomic E-state index is 13.3. The van der Waals surface area contributed by atoms with E-state index in [0.717, 1.165) is 29.8 Å². The molecule has 3 amide bonds. The van der Waals surface area contributed by atoms with Crippen molar-refractivity contribution < 1.29 is 14.7 Å². The van der Waals surface area contributed by atoms with Gasteiger partial charge in [0.25, 0.3) is 0 Å². The minimum absolute atomic E-state index is 0.219. The molecular formula is C25H32N4O3. The summed E-state index contributed by atoms with van der Waals surface area (Å²) in [6.45, 7) is 2.91. The fraction of sp³-hybridized carbons (Fsp3) is 0.440. The summed E-state index contributed by atoms with van der Waals surface area (Å²) >= 11 is 0. The molecule has 3 atom stereocenters. The molecule has 170 valence electrons. The van der Waals surface area contributed by atoms with Crippen molar-refractivity contribution in [1.82, 2.24) is 20.4 Å². The SMILES string of the molecule is CN1CCN(C(=O)NC(Cc2ccccc2)C(=O)N[C@H]2Cc3ccccc3C[C@@H]2O)CC1. The Kier molecular flexibility index (Phi) is 7.07. The summed E-state index contributed by atoms with van der Waals surface area (Å²) in [5.74, 6) is -0.264. The van der Waals surface area contributed by atoms with E-state index in [4.69, 9.17) is 0 Å². The van der Waals surface area contributed by atoms with Crippen LogP contribution in [-0.4, -0.2) is 78.3 Å². The van der Waals surface area contributed by atoms with Gasteiger partial charge in [-0.05, 0) is 30.2 Å². The first-order valence-electron chi connectivity index (χ1n) is 11.3. The fourth-order valence-corrected chi connectivity index (χ4v) is 4.44. The highest BCUT2D eigenvalue weighted by Crippen LogP contribution is 2.22. The zero-order chi connectivity index (χ0) is 22.5. The summed E-state index contributed by atoms with van der Waals surface area (Å²) < 4.78 is 0. The number of amides is 3. The number of piperazine rings is 1. The molecule has 1 unspecified atom stereocenters. The van der Waals surface area contributed by atoms with Crippen LogP contribution in [0.15, 0.2) is 54.6 Å². The third-order valence-electron chi connectivity index (χ3n) is 6.47. The molecule has 1 heterocycles. The van der Waals surface area contributed by atoms with E-state index in [0.29, 0.717) is 32.4 Å². The summed E-state index contributed by atoms with van der Waals surface area (Å²) in [6.07, 6.45) is 0.830. The van der Waals surface area contributed by atoms with Crippen LogP contribution in [0.5, 0.6) is 0 Å². The van der Waals surface area contributed by atoms with E-state index in [-0.39, 0.29) is 18.0 Å². The van der Waals surface area contributed by atoms with Gasteiger partial charge in [-0.15, -0.1) is 0 Å². The Morgan fingerprint density at radius 3 is 2.28 bits per heavy atom. The number of aliphatic hydroxyl groups excluding tert-OH is 1. The third-order valence-corrected chi connectivity index (χ3v) is 6.47. The van der Waals surface area contributed by atoms with Crippen LogP contribution in [0.4, 0.5) is 4.79 Å². The number of carbonyl (C=O) groups excluding carboxylic acids is 2. The van der Waals surface area contributed by atoms with Gasteiger partial charge >= 0.3 is 6.03 Å². The number of fused-ring (bicyclic) bond motifs is 1. The molecule has 2 aliphatic rings. The lowest BCUT2D eigenvalue weighted by Gasteiger charge is -2.34. The molecule has 2 aromatic rings. The monoisotopic (exact) mass is 436 g/mol. The van der Waals surface area contributed by atoms with Crippen LogP contribution in [0.3, 0.4) is 0 Å². The van der Waals surface area contributed by atoms with Crippen LogP contribution in [-0.2, 0) is 24.1 Å². The van der Waals surface area contributed by atoms with Crippen molar-refractivity contribution >= 4 is 11.9 Å². The highest BCUT2D eigenvalue weighted by atomic mass is 16.3. The Morgan fingerprint density at radius 1 is 0.969 bits per heavy atom. The molecule has 3 N–H and O–H groups in total. The Hall–Kier alpha value is -2.90. The van der Waals surface area contributed by atoms with E-state index in [2.05, 4.69) is 15.5 Å². The number of rotatable bonds is 5. The van der Waals surface area contributed by atoms with Crippen molar-refractivity contribution in [2.24, 2.45) is 0 Å². The normalized spacial score (nSPS) is 22.0. The standard InChI is InChI=1S/C25H32N4O3/c1-28-11-13-29(14-12-28)25(32)27-22(15-18-7-3-2-4-8-18)24(31)26-21-16-19-9-5-6-10-20(19)17-23(21)30/h2-10,21-23,30H,11-17H2,1H3,(H,26,31)(H,27,32)/t21-,22?,23-/m0/s1. The average Bonchev–Trinajstić information content (AvgIpc) is 2.80. The quantitative estimate of drug-likeness (QED) is 0.658. The first-order valence-corrected chi connectivity index (χ1v) is 11.3. The number of aliphatic hydroxyl groups is 1. The van der Waals surface area contributed by atoms with Gasteiger partial charge in [0.1, 0.15) is 6.04 Å². The molecule has 0 aromatic heterocycles. The molecule has 1 fully saturated rings. The summed E-state index contributed by atoms with van der Waals surface area (Å²) in [6, 6.07) is 16.4. The topological polar surface area (TPSA) is 84.9 Å². The van der Waals surface area contributed by atoms with E-state index in [9.17, 15) is 14.7 Å². The van der Waals surface area contributed by atoms with E-state index < -0.39 is 12.1 Å². The number of likely N-dealkylation sites (N-methyl/N-ethyl adjacent to an activating group) is 1. The second kappa shape index (κ2) is 10.1. The molecule has 32 heavy (non-hydrogen) atoms. The first-order chi connectivity index (χ1) is 15.5. The van der Waals surface area contributed by atoms with Crippen LogP contribution < -0.4 is 10.6 Å². The number of nitrogens with one attached hydrogen (secondary N) is 2. The van der Waals surface area contributed by atoms with E-state index in [1.807, 2.05) is 61.6 Å². The Labute approximate surface area is 189 Å². The molecule has 1 saturated heterocycles. The van der Waals surface area contributed by atoms with Crippen molar-refractivity contribution in [3.63, 3.8) is 0 Å². The lowest BCUT2D eigenvalue weighted by Crippen LogP contribution is -2.58. The molecule has 0 radical (unpaired) electrons. The van der Waals surface area contributed by atoms with Gasteiger partial charge in [0, 0.05) is 39.0 Å². The van der Waals surface area contributed by atoms with Gasteiger partial charge in [0.15, 0.2) is 0 Å². The van der Waals surface area contributed by atoms with Crippen LogP contribution in [0.1, 0.15) is 16.7 Å². The molecule has 1 aliphatic heterocycles. The molecule has 1 aliphatic carbocycles. The Morgan fingerprint density at radius 2 is 1.59 bits per heavy atom. The van der Waals surface area contributed by atoms with Crippen LogP contribution in [0.2, 0.25) is 0 Å². The zero-order valence-electron chi connectivity index (χ0n) is 18.5. The van der Waals surface area contributed by atoms with E-state index in [1.54, 1.807) is 4.90 Å². The smallest absolute Gasteiger partial charge is 0.318 e. The fourth-order valence-electron chi connectivity index (χ4n) is 4.44. The van der Waals surface area contributed by atoms with Gasteiger partial charge in [-0.3, -0.25) is 4.79 Å². The van der Waals surface area contributed by atoms with Gasteiger partial charge < -0.3 is 25.5 Å². The van der Waals surface area contributed by atoms with Crippen molar-refractivity contribution in [2.45, 2.75) is 37.5 Å². The summed E-state index contributed by atoms with van der Waals surface area (Å²) in [5, 5.41) is 16.6. The molecular weight excluding hydrogens is 404 g/mol. The van der Waals surface area contributed by atoms with Crippen molar-refractivity contribution in [2.75, 3.05) is 33.2 Å². The first kappa shape index (κ1) is 22.3. The third kappa shape index (κ3) is 5.47. The molecule has 0 spiro atoms. The predicted molar refractivity (Wildman–Crippen MR) is 123 cm³/mol. The average molecular weight is 437 g/mol. The van der Waals surface area contributed by atoms with Gasteiger partial charge in [0.05, 0.1) is 12.1 Å². The van der Waals surface area contributed by atoms with Gasteiger partial charge in [-0.1, -0.05) is 54.6 Å². The highest BCUT2D eigenvalue weighted by molar-refractivity contribution is 5.87. The molecule has 0 bridgehead atoms. The number of carbonyl (C=O) groups is 2. The van der Waals surface area contributed by atoms with Crippen LogP contribution >= 0.6 is 0 Å². The number of hydrogen-bond acceptors (Lipinski definition) is 4. The molecule has 7 nitrogen and oxygen atoms in total.